The van der Waals surface area contributed by atoms with E-state index in [9.17, 15) is 13.2 Å². The predicted octanol–water partition coefficient (Wildman–Crippen LogP) is 12.6. The van der Waals surface area contributed by atoms with Crippen molar-refractivity contribution in [3.8, 4) is 33.6 Å². The Morgan fingerprint density at radius 1 is 0.368 bits per heavy atom. The minimum atomic E-state index is -4.01. The molecule has 3 heterocycles. The van der Waals surface area contributed by atoms with E-state index >= 15 is 0 Å². The lowest BCUT2D eigenvalue weighted by Gasteiger charge is -2.21. The van der Waals surface area contributed by atoms with Gasteiger partial charge < -0.3 is 9.13 Å². The minimum Gasteiger partial charge on any atom is -0.309 e. The van der Waals surface area contributed by atoms with Crippen LogP contribution in [0.1, 0.15) is 29.8 Å². The Bertz CT molecular complexity index is 3010. The van der Waals surface area contributed by atoms with Gasteiger partial charge in [-0.1, -0.05) is 123 Å². The van der Waals surface area contributed by atoms with Gasteiger partial charge in [0, 0.05) is 44.0 Å². The van der Waals surface area contributed by atoms with E-state index in [1.807, 2.05) is 74.5 Å². The summed E-state index contributed by atoms with van der Waals surface area (Å²) < 4.78 is 33.2. The summed E-state index contributed by atoms with van der Waals surface area (Å²) >= 11 is 0. The van der Waals surface area contributed by atoms with Crippen molar-refractivity contribution in [3.05, 3.63) is 193 Å². The van der Waals surface area contributed by atoms with Gasteiger partial charge in [0.15, 0.2) is 5.78 Å². The number of nitrogens with zero attached hydrogens (tertiary/aromatic N) is 2. The van der Waals surface area contributed by atoms with E-state index < -0.39 is 9.84 Å². The second-order valence-electron chi connectivity index (χ2n) is 14.1. The number of ketones is 1. The molecule has 10 aromatic rings. The molecule has 0 N–H and O–H groups in total. The normalized spacial score (nSPS) is 13.1. The molecule has 57 heavy (non-hydrogen) atoms. The number of hydrogen-bond acceptors (Lipinski definition) is 3. The molecule has 0 atom stereocenters. The highest BCUT2D eigenvalue weighted by atomic mass is 32.2. The van der Waals surface area contributed by atoms with Crippen LogP contribution in [0.15, 0.2) is 192 Å². The number of para-hydroxylation sites is 4. The first-order valence-corrected chi connectivity index (χ1v) is 20.7. The Labute approximate surface area is 330 Å². The Morgan fingerprint density at radius 3 is 1.00 bits per heavy atom. The van der Waals surface area contributed by atoms with Gasteiger partial charge in [0.2, 0.25) is 9.84 Å². The van der Waals surface area contributed by atoms with Crippen molar-refractivity contribution in [2.24, 2.45) is 0 Å². The average Bonchev–Trinajstić information content (AvgIpc) is 3.79. The van der Waals surface area contributed by atoms with Crippen LogP contribution in [0.3, 0.4) is 0 Å². The van der Waals surface area contributed by atoms with Crippen molar-refractivity contribution in [3.63, 3.8) is 0 Å². The summed E-state index contributed by atoms with van der Waals surface area (Å²) in [5, 5.41) is 4.75. The first-order valence-electron chi connectivity index (χ1n) is 19.2. The fourth-order valence-electron chi connectivity index (χ4n) is 8.49. The summed E-state index contributed by atoms with van der Waals surface area (Å²) in [6.45, 7) is 4.00. The first kappa shape index (κ1) is 34.5. The minimum absolute atomic E-state index is 0.0350. The number of fused-ring (bicyclic) bond motifs is 8. The summed E-state index contributed by atoms with van der Waals surface area (Å²) in [5.74, 6) is -0.290. The number of carbonyl (C=O) groups is 1. The lowest BCUT2D eigenvalue weighted by molar-refractivity contribution is 0.103. The van der Waals surface area contributed by atoms with Crippen LogP contribution < -0.4 is 0 Å². The zero-order valence-corrected chi connectivity index (χ0v) is 32.2. The van der Waals surface area contributed by atoms with E-state index in [1.165, 1.54) is 21.5 Å². The van der Waals surface area contributed by atoms with Crippen LogP contribution in [-0.4, -0.2) is 23.3 Å². The molecule has 0 bridgehead atoms. The summed E-state index contributed by atoms with van der Waals surface area (Å²) in [6, 6.07) is 60.0. The monoisotopic (exact) mass is 756 g/mol. The molecule has 0 saturated carbocycles. The summed E-state index contributed by atoms with van der Waals surface area (Å²) in [4.78, 5) is 13.9. The molecule has 0 unspecified atom stereocenters. The maximum atomic E-state index is 14.4. The van der Waals surface area contributed by atoms with E-state index in [4.69, 9.17) is 0 Å². The molecule has 5 nitrogen and oxygen atoms in total. The lowest BCUT2D eigenvalue weighted by Crippen LogP contribution is -2.20. The van der Waals surface area contributed by atoms with E-state index in [2.05, 4.69) is 106 Å². The molecule has 1 aliphatic rings. The summed E-state index contributed by atoms with van der Waals surface area (Å²) in [7, 11) is -4.01. The van der Waals surface area contributed by atoms with Gasteiger partial charge in [-0.15, -0.1) is 0 Å². The van der Waals surface area contributed by atoms with Gasteiger partial charge in [0.25, 0.3) is 0 Å². The molecule has 0 spiro atoms. The molecular weight excluding hydrogens is 721 g/mol. The second kappa shape index (κ2) is 13.3. The molecule has 0 amide bonds. The van der Waals surface area contributed by atoms with Gasteiger partial charge >= 0.3 is 0 Å². The van der Waals surface area contributed by atoms with Crippen LogP contribution in [0.2, 0.25) is 0 Å². The molecule has 1 aliphatic heterocycles. The average molecular weight is 757 g/mol. The van der Waals surface area contributed by atoms with Crippen LogP contribution >= 0.6 is 0 Å². The van der Waals surface area contributed by atoms with E-state index in [1.54, 1.807) is 24.3 Å². The SMILES string of the molecule is CC.O=C1c2ccc(-c3ccc(-n4c5ccccc5c5ccccc54)cc3)cc2S(=O)(=O)c2cc(-c3ccc(-n4c5ccccc5c5ccccc54)cc3)ccc21. The number of sulfone groups is 1. The van der Waals surface area contributed by atoms with E-state index in [-0.39, 0.29) is 26.7 Å². The van der Waals surface area contributed by atoms with E-state index in [0.29, 0.717) is 0 Å². The van der Waals surface area contributed by atoms with Crippen LogP contribution in [0.4, 0.5) is 0 Å². The Balaban J connectivity index is 0.00000195. The smallest absolute Gasteiger partial charge is 0.208 e. The van der Waals surface area contributed by atoms with Crippen LogP contribution in [0, 0.1) is 0 Å². The van der Waals surface area contributed by atoms with E-state index in [0.717, 1.165) is 55.7 Å². The van der Waals surface area contributed by atoms with Crippen molar-refractivity contribution in [1.29, 1.82) is 0 Å². The van der Waals surface area contributed by atoms with Crippen molar-refractivity contribution < 1.29 is 13.2 Å². The zero-order chi connectivity index (χ0) is 38.8. The Hall–Kier alpha value is -7.02. The highest BCUT2D eigenvalue weighted by Crippen LogP contribution is 2.40. The zero-order valence-electron chi connectivity index (χ0n) is 31.3. The topological polar surface area (TPSA) is 61.1 Å². The number of rotatable bonds is 4. The first-order chi connectivity index (χ1) is 28.0. The molecule has 6 heteroatoms. The number of carbonyl (C=O) groups excluding carboxylic acids is 1. The quantitative estimate of drug-likeness (QED) is 0.180. The predicted molar refractivity (Wildman–Crippen MR) is 233 cm³/mol. The molecule has 11 rings (SSSR count). The number of benzene rings is 8. The van der Waals surface area contributed by atoms with Gasteiger partial charge in [-0.2, -0.15) is 0 Å². The Kier molecular flexibility index (Phi) is 8.06. The van der Waals surface area contributed by atoms with Crippen molar-refractivity contribution in [1.82, 2.24) is 9.13 Å². The highest BCUT2D eigenvalue weighted by molar-refractivity contribution is 7.91. The summed E-state index contributed by atoms with van der Waals surface area (Å²) in [6.07, 6.45) is 0. The molecule has 0 aliphatic carbocycles. The maximum absolute atomic E-state index is 14.4. The van der Waals surface area contributed by atoms with Gasteiger partial charge in [0.05, 0.1) is 31.9 Å². The highest BCUT2D eigenvalue weighted by Gasteiger charge is 2.35. The maximum Gasteiger partial charge on any atom is 0.208 e. The van der Waals surface area contributed by atoms with Crippen LogP contribution in [0.5, 0.6) is 0 Å². The third kappa shape index (κ3) is 5.29. The number of aromatic nitrogens is 2. The Morgan fingerprint density at radius 2 is 0.667 bits per heavy atom. The molecular formula is C51H36N2O3S. The second-order valence-corrected chi connectivity index (χ2v) is 16.0. The van der Waals surface area contributed by atoms with Crippen LogP contribution in [-0.2, 0) is 9.84 Å². The third-order valence-electron chi connectivity index (χ3n) is 11.1. The van der Waals surface area contributed by atoms with Crippen molar-refractivity contribution >= 4 is 59.2 Å². The van der Waals surface area contributed by atoms with Gasteiger partial charge in [-0.25, -0.2) is 8.42 Å². The third-order valence-corrected chi connectivity index (χ3v) is 12.9. The molecule has 2 aromatic heterocycles. The standard InChI is InChI=1S/C49H30N2O3S.C2H6/c52-49-41-27-21-33(31-17-23-35(24-18-31)50-43-13-5-1-9-37(43)38-10-2-6-14-44(38)50)29-47(41)55(53,54)48-30-34(22-28-42(48)49)32-19-25-36(26-20-32)51-45-15-7-3-11-39(45)40-12-4-8-16-46(40)51;1-2/h1-30H;1-2H3. The number of hydrogen-bond donors (Lipinski definition) is 0. The van der Waals surface area contributed by atoms with Crippen LogP contribution in [0.25, 0.3) is 77.2 Å². The van der Waals surface area contributed by atoms with Gasteiger partial charge in [0.1, 0.15) is 0 Å². The fourth-order valence-corrected chi connectivity index (χ4v) is 10.2. The van der Waals surface area contributed by atoms with Crippen molar-refractivity contribution in [2.45, 2.75) is 23.6 Å². The molecule has 0 saturated heterocycles. The van der Waals surface area contributed by atoms with Gasteiger partial charge in [-0.05, 0) is 95.1 Å². The molecule has 274 valence electrons. The molecule has 0 radical (unpaired) electrons. The molecule has 0 fully saturated rings. The lowest BCUT2D eigenvalue weighted by atomic mass is 9.96. The fraction of sp³-hybridized carbons (Fsp3) is 0.0392. The van der Waals surface area contributed by atoms with Gasteiger partial charge in [-0.3, -0.25) is 4.79 Å². The van der Waals surface area contributed by atoms with Crippen molar-refractivity contribution in [2.75, 3.05) is 0 Å². The summed E-state index contributed by atoms with van der Waals surface area (Å²) in [5.41, 5.74) is 10.0. The molecule has 8 aromatic carbocycles. The largest absolute Gasteiger partial charge is 0.309 e.